The Kier molecular flexibility index (Phi) is 6.77. The van der Waals surface area contributed by atoms with Gasteiger partial charge < -0.3 is 5.11 Å². The van der Waals surface area contributed by atoms with Gasteiger partial charge in [0.05, 0.1) is 11.5 Å². The SMILES string of the molecule is CCCCN(CCO)Cc1ccc(Cl)cc1[N+](=O)[O-]. The predicted molar refractivity (Wildman–Crippen MR) is 75.4 cm³/mol. The van der Waals surface area contributed by atoms with Gasteiger partial charge in [-0.15, -0.1) is 0 Å². The molecule has 0 aliphatic heterocycles. The van der Waals surface area contributed by atoms with Crippen LogP contribution >= 0.6 is 11.6 Å². The number of rotatable bonds is 8. The number of halogens is 1. The molecule has 19 heavy (non-hydrogen) atoms. The maximum atomic E-state index is 11.0. The first-order valence-electron chi connectivity index (χ1n) is 6.34. The standard InChI is InChI=1S/C13H19ClN2O3/c1-2-3-6-15(7-8-17)10-11-4-5-12(14)9-13(11)16(18)19/h4-5,9,17H,2-3,6-8,10H2,1H3. The Labute approximate surface area is 117 Å². The average Bonchev–Trinajstić information content (AvgIpc) is 2.38. The molecular weight excluding hydrogens is 268 g/mol. The van der Waals surface area contributed by atoms with Crippen LogP contribution in [0.3, 0.4) is 0 Å². The van der Waals surface area contributed by atoms with Gasteiger partial charge in [-0.3, -0.25) is 15.0 Å². The molecule has 0 saturated carbocycles. The van der Waals surface area contributed by atoms with Crippen molar-refractivity contribution in [1.29, 1.82) is 0 Å². The summed E-state index contributed by atoms with van der Waals surface area (Å²) < 4.78 is 0. The fraction of sp³-hybridized carbons (Fsp3) is 0.538. The van der Waals surface area contributed by atoms with Crippen LogP contribution in [0.25, 0.3) is 0 Å². The van der Waals surface area contributed by atoms with Gasteiger partial charge in [-0.2, -0.15) is 0 Å². The number of nitrogens with zero attached hydrogens (tertiary/aromatic N) is 2. The van der Waals surface area contributed by atoms with Crippen LogP contribution in [0.4, 0.5) is 5.69 Å². The molecule has 0 aromatic heterocycles. The Hall–Kier alpha value is -1.17. The van der Waals surface area contributed by atoms with Crippen molar-refractivity contribution in [2.24, 2.45) is 0 Å². The van der Waals surface area contributed by atoms with Gasteiger partial charge in [0.1, 0.15) is 0 Å². The molecule has 0 aliphatic carbocycles. The van der Waals surface area contributed by atoms with Crippen LogP contribution in [0.1, 0.15) is 25.3 Å². The number of aliphatic hydroxyl groups is 1. The molecule has 0 saturated heterocycles. The molecule has 0 atom stereocenters. The molecule has 1 aromatic rings. The zero-order valence-corrected chi connectivity index (χ0v) is 11.8. The molecule has 1 rings (SSSR count). The summed E-state index contributed by atoms with van der Waals surface area (Å²) in [5.41, 5.74) is 0.658. The van der Waals surface area contributed by atoms with Crippen molar-refractivity contribution >= 4 is 17.3 Å². The summed E-state index contributed by atoms with van der Waals surface area (Å²) in [4.78, 5) is 12.6. The van der Waals surface area contributed by atoms with Crippen molar-refractivity contribution in [2.75, 3.05) is 19.7 Å². The van der Waals surface area contributed by atoms with Crippen molar-refractivity contribution in [1.82, 2.24) is 4.90 Å². The van der Waals surface area contributed by atoms with E-state index in [-0.39, 0.29) is 12.3 Å². The van der Waals surface area contributed by atoms with Crippen molar-refractivity contribution in [3.8, 4) is 0 Å². The molecule has 0 bridgehead atoms. The number of nitro groups is 1. The van der Waals surface area contributed by atoms with Crippen LogP contribution in [-0.2, 0) is 6.54 Å². The minimum Gasteiger partial charge on any atom is -0.395 e. The number of benzene rings is 1. The topological polar surface area (TPSA) is 66.6 Å². The monoisotopic (exact) mass is 286 g/mol. The predicted octanol–water partition coefficient (Wildman–Crippen LogP) is 2.84. The molecule has 0 heterocycles. The van der Waals surface area contributed by atoms with E-state index in [1.165, 1.54) is 6.07 Å². The van der Waals surface area contributed by atoms with Gasteiger partial charge in [0.25, 0.3) is 5.69 Å². The highest BCUT2D eigenvalue weighted by Gasteiger charge is 2.16. The van der Waals surface area contributed by atoms with E-state index >= 15 is 0 Å². The lowest BCUT2D eigenvalue weighted by molar-refractivity contribution is -0.385. The van der Waals surface area contributed by atoms with Crippen LogP contribution < -0.4 is 0 Å². The molecule has 6 heteroatoms. The Morgan fingerprint density at radius 1 is 1.42 bits per heavy atom. The van der Waals surface area contributed by atoms with E-state index in [9.17, 15) is 10.1 Å². The Morgan fingerprint density at radius 2 is 2.16 bits per heavy atom. The van der Waals surface area contributed by atoms with Gasteiger partial charge in [-0.25, -0.2) is 0 Å². The lowest BCUT2D eigenvalue weighted by Gasteiger charge is -2.21. The first kappa shape index (κ1) is 15.9. The zero-order chi connectivity index (χ0) is 14.3. The third-order valence-corrected chi connectivity index (χ3v) is 3.12. The number of unbranched alkanes of at least 4 members (excludes halogenated alkanes) is 1. The number of hydrogen-bond donors (Lipinski definition) is 1. The van der Waals surface area contributed by atoms with E-state index < -0.39 is 4.92 Å². The third-order valence-electron chi connectivity index (χ3n) is 2.88. The quantitative estimate of drug-likeness (QED) is 0.589. The van der Waals surface area contributed by atoms with Crippen LogP contribution in [0.5, 0.6) is 0 Å². The summed E-state index contributed by atoms with van der Waals surface area (Å²) in [6.07, 6.45) is 2.05. The summed E-state index contributed by atoms with van der Waals surface area (Å²) in [7, 11) is 0. The van der Waals surface area contributed by atoms with Gasteiger partial charge >= 0.3 is 0 Å². The zero-order valence-electron chi connectivity index (χ0n) is 11.0. The van der Waals surface area contributed by atoms with E-state index in [2.05, 4.69) is 6.92 Å². The van der Waals surface area contributed by atoms with Crippen LogP contribution in [0.15, 0.2) is 18.2 Å². The van der Waals surface area contributed by atoms with Gasteiger partial charge in [0, 0.05) is 29.7 Å². The van der Waals surface area contributed by atoms with Gasteiger partial charge in [-0.1, -0.05) is 24.9 Å². The first-order chi connectivity index (χ1) is 9.08. The third kappa shape index (κ3) is 5.14. The van der Waals surface area contributed by atoms with Crippen molar-refractivity contribution in [3.05, 3.63) is 38.9 Å². The normalized spacial score (nSPS) is 10.9. The lowest BCUT2D eigenvalue weighted by atomic mass is 10.1. The first-order valence-corrected chi connectivity index (χ1v) is 6.72. The van der Waals surface area contributed by atoms with Gasteiger partial charge in [0.2, 0.25) is 0 Å². The Morgan fingerprint density at radius 3 is 2.74 bits per heavy atom. The molecule has 0 spiro atoms. The largest absolute Gasteiger partial charge is 0.395 e. The highest BCUT2D eigenvalue weighted by atomic mass is 35.5. The van der Waals surface area contributed by atoms with Gasteiger partial charge in [-0.05, 0) is 25.1 Å². The van der Waals surface area contributed by atoms with Crippen LogP contribution in [0, 0.1) is 10.1 Å². The van der Waals surface area contributed by atoms with Crippen molar-refractivity contribution < 1.29 is 10.0 Å². The Bertz CT molecular complexity index is 426. The van der Waals surface area contributed by atoms with Gasteiger partial charge in [0.15, 0.2) is 0 Å². The lowest BCUT2D eigenvalue weighted by Crippen LogP contribution is -2.27. The molecule has 0 fully saturated rings. The second kappa shape index (κ2) is 8.09. The van der Waals surface area contributed by atoms with Crippen molar-refractivity contribution in [3.63, 3.8) is 0 Å². The maximum Gasteiger partial charge on any atom is 0.275 e. The molecule has 106 valence electrons. The summed E-state index contributed by atoms with van der Waals surface area (Å²) in [6.45, 7) is 3.91. The number of hydrogen-bond acceptors (Lipinski definition) is 4. The van der Waals surface area contributed by atoms with E-state index in [0.29, 0.717) is 23.7 Å². The van der Waals surface area contributed by atoms with Crippen LogP contribution in [0.2, 0.25) is 5.02 Å². The summed E-state index contributed by atoms with van der Waals surface area (Å²) in [6, 6.07) is 4.70. The fourth-order valence-electron chi connectivity index (χ4n) is 1.87. The summed E-state index contributed by atoms with van der Waals surface area (Å²) in [5, 5.41) is 20.4. The molecule has 5 nitrogen and oxygen atoms in total. The summed E-state index contributed by atoms with van der Waals surface area (Å²) >= 11 is 5.78. The molecule has 0 radical (unpaired) electrons. The van der Waals surface area contributed by atoms with E-state index in [1.54, 1.807) is 12.1 Å². The van der Waals surface area contributed by atoms with Crippen molar-refractivity contribution in [2.45, 2.75) is 26.3 Å². The van der Waals surface area contributed by atoms with Crippen LogP contribution in [-0.4, -0.2) is 34.6 Å². The molecule has 0 aliphatic rings. The van der Waals surface area contributed by atoms with E-state index in [4.69, 9.17) is 16.7 Å². The number of aliphatic hydroxyl groups excluding tert-OH is 1. The molecule has 1 aromatic carbocycles. The number of nitro benzene ring substituents is 1. The maximum absolute atomic E-state index is 11.0. The minimum atomic E-state index is -0.418. The summed E-state index contributed by atoms with van der Waals surface area (Å²) in [5.74, 6) is 0. The fourth-order valence-corrected chi connectivity index (χ4v) is 2.04. The van der Waals surface area contributed by atoms with E-state index in [1.807, 2.05) is 4.90 Å². The highest BCUT2D eigenvalue weighted by Crippen LogP contribution is 2.24. The molecule has 1 N–H and O–H groups in total. The molecule has 0 amide bonds. The minimum absolute atomic E-state index is 0.0342. The molecular formula is C13H19ClN2O3. The Balaban J connectivity index is 2.85. The highest BCUT2D eigenvalue weighted by molar-refractivity contribution is 6.30. The molecule has 0 unspecified atom stereocenters. The van der Waals surface area contributed by atoms with E-state index in [0.717, 1.165) is 19.4 Å². The average molecular weight is 287 g/mol. The smallest absolute Gasteiger partial charge is 0.275 e. The second-order valence-electron chi connectivity index (χ2n) is 4.38. The second-order valence-corrected chi connectivity index (χ2v) is 4.82.